The maximum Gasteiger partial charge on any atom is 0.256 e. The molecule has 0 spiro atoms. The molecule has 2 aromatic heterocycles. The fourth-order valence-corrected chi connectivity index (χ4v) is 4.28. The van der Waals surface area contributed by atoms with E-state index in [2.05, 4.69) is 16.2 Å². The predicted molar refractivity (Wildman–Crippen MR) is 118 cm³/mol. The highest BCUT2D eigenvalue weighted by Crippen LogP contribution is 2.27. The lowest BCUT2D eigenvalue weighted by Crippen LogP contribution is -2.31. The molecule has 3 rings (SSSR count). The second-order valence-electron chi connectivity index (χ2n) is 7.35. The Morgan fingerprint density at radius 1 is 1.17 bits per heavy atom. The molecule has 0 atom stereocenters. The van der Waals surface area contributed by atoms with Gasteiger partial charge in [-0.25, -0.2) is 4.98 Å². The molecule has 0 saturated heterocycles. The number of aryl methyl sites for hydroxylation is 4. The summed E-state index contributed by atoms with van der Waals surface area (Å²) in [5, 5.41) is 4.68. The van der Waals surface area contributed by atoms with Crippen molar-refractivity contribution in [3.8, 4) is 5.75 Å². The minimum Gasteiger partial charge on any atom is -0.492 e. The molecule has 0 aliphatic rings. The molecule has 0 bridgehead atoms. The van der Waals surface area contributed by atoms with Crippen molar-refractivity contribution >= 4 is 17.7 Å². The van der Waals surface area contributed by atoms with Gasteiger partial charge in [0, 0.05) is 24.6 Å². The molecule has 0 N–H and O–H groups in total. The lowest BCUT2D eigenvalue weighted by molar-refractivity contribution is 0.0769. The third-order valence-electron chi connectivity index (χ3n) is 4.77. The number of carbonyl (C=O) groups is 1. The largest absolute Gasteiger partial charge is 0.492 e. The molecule has 0 aliphatic heterocycles. The quantitative estimate of drug-likeness (QED) is 0.485. The molecule has 2 heterocycles. The van der Waals surface area contributed by atoms with E-state index in [0.29, 0.717) is 29.5 Å². The normalized spacial score (nSPS) is 10.8. The number of likely N-dealkylation sites (N-methyl/N-ethyl adjacent to an activating group) is 1. The van der Waals surface area contributed by atoms with E-state index in [4.69, 9.17) is 9.26 Å². The number of ether oxygens (including phenoxy) is 1. The molecule has 0 unspecified atom stereocenters. The Bertz CT molecular complexity index is 993. The van der Waals surface area contributed by atoms with Crippen LogP contribution in [0.4, 0.5) is 0 Å². The molecule has 0 aliphatic carbocycles. The smallest absolute Gasteiger partial charge is 0.256 e. The summed E-state index contributed by atoms with van der Waals surface area (Å²) in [4.78, 5) is 19.1. The first-order valence-electron chi connectivity index (χ1n) is 9.81. The van der Waals surface area contributed by atoms with Gasteiger partial charge >= 0.3 is 0 Å². The van der Waals surface area contributed by atoms with Crippen LogP contribution >= 0.6 is 11.8 Å². The predicted octanol–water partition coefficient (Wildman–Crippen LogP) is 4.75. The van der Waals surface area contributed by atoms with E-state index in [1.807, 2.05) is 45.9 Å². The first kappa shape index (κ1) is 21.9. The van der Waals surface area contributed by atoms with Gasteiger partial charge in [0.05, 0.1) is 17.8 Å². The summed E-state index contributed by atoms with van der Waals surface area (Å²) in [7, 11) is 1.78. The summed E-state index contributed by atoms with van der Waals surface area (Å²) in [5.41, 5.74) is 4.81. The Balaban J connectivity index is 1.61. The molecule has 6 nitrogen and oxygen atoms in total. The Labute approximate surface area is 181 Å². The Hall–Kier alpha value is -2.80. The highest BCUT2D eigenvalue weighted by Gasteiger charge is 2.18. The van der Waals surface area contributed by atoms with Gasteiger partial charge in [-0.3, -0.25) is 4.79 Å². The van der Waals surface area contributed by atoms with Crippen molar-refractivity contribution in [3.63, 3.8) is 0 Å². The lowest BCUT2D eigenvalue weighted by Gasteiger charge is -2.19. The lowest BCUT2D eigenvalue weighted by atomic mass is 10.1. The second kappa shape index (κ2) is 9.80. The van der Waals surface area contributed by atoms with Crippen molar-refractivity contribution in [2.75, 3.05) is 20.2 Å². The molecule has 30 heavy (non-hydrogen) atoms. The van der Waals surface area contributed by atoms with E-state index in [-0.39, 0.29) is 5.91 Å². The number of pyridine rings is 1. The molecule has 1 aromatic carbocycles. The van der Waals surface area contributed by atoms with Crippen molar-refractivity contribution < 1.29 is 14.1 Å². The Morgan fingerprint density at radius 2 is 1.90 bits per heavy atom. The molecule has 3 aromatic rings. The monoisotopic (exact) mass is 425 g/mol. The van der Waals surface area contributed by atoms with Crippen LogP contribution in [-0.4, -0.2) is 41.1 Å². The van der Waals surface area contributed by atoms with E-state index in [9.17, 15) is 4.79 Å². The second-order valence-corrected chi connectivity index (χ2v) is 8.31. The SMILES string of the molecule is Cc1cc(C)cc(OCCN(C)C(=O)c2cccnc2SCc2c(C)noc2C)c1. The number of rotatable bonds is 8. The Kier molecular flexibility index (Phi) is 7.15. The van der Waals surface area contributed by atoms with Gasteiger partial charge in [0.1, 0.15) is 23.1 Å². The number of amides is 1. The summed E-state index contributed by atoms with van der Waals surface area (Å²) < 4.78 is 11.1. The van der Waals surface area contributed by atoms with Crippen LogP contribution in [0.5, 0.6) is 5.75 Å². The van der Waals surface area contributed by atoms with Crippen molar-refractivity contribution in [2.24, 2.45) is 0 Å². The number of aromatic nitrogens is 2. The zero-order chi connectivity index (χ0) is 21.7. The summed E-state index contributed by atoms with van der Waals surface area (Å²) in [6, 6.07) is 9.70. The van der Waals surface area contributed by atoms with Crippen LogP contribution in [0.15, 0.2) is 46.1 Å². The molecule has 0 radical (unpaired) electrons. The van der Waals surface area contributed by atoms with Gasteiger partial charge in [0.25, 0.3) is 5.91 Å². The van der Waals surface area contributed by atoms with Gasteiger partial charge < -0.3 is 14.2 Å². The standard InChI is InChI=1S/C23H27N3O3S/c1-15-11-16(2)13-19(12-15)28-10-9-26(5)23(27)20-7-6-8-24-22(20)30-14-21-17(3)25-29-18(21)4/h6-8,11-13H,9-10,14H2,1-5H3. The van der Waals surface area contributed by atoms with E-state index in [1.54, 1.807) is 24.2 Å². The summed E-state index contributed by atoms with van der Waals surface area (Å²) >= 11 is 1.51. The summed E-state index contributed by atoms with van der Waals surface area (Å²) in [6.07, 6.45) is 1.70. The van der Waals surface area contributed by atoms with Crippen LogP contribution in [0.25, 0.3) is 0 Å². The molecule has 158 valence electrons. The van der Waals surface area contributed by atoms with Gasteiger partial charge in [-0.15, -0.1) is 11.8 Å². The number of carbonyl (C=O) groups excluding carboxylic acids is 1. The van der Waals surface area contributed by atoms with E-state index < -0.39 is 0 Å². The minimum absolute atomic E-state index is 0.0756. The first-order chi connectivity index (χ1) is 14.3. The van der Waals surface area contributed by atoms with Crippen LogP contribution in [-0.2, 0) is 5.75 Å². The maximum absolute atomic E-state index is 13.0. The van der Waals surface area contributed by atoms with Crippen LogP contribution < -0.4 is 4.74 Å². The van der Waals surface area contributed by atoms with Gasteiger partial charge in [0.2, 0.25) is 0 Å². The molecule has 1 amide bonds. The topological polar surface area (TPSA) is 68.5 Å². The number of hydrogen-bond donors (Lipinski definition) is 0. The third-order valence-corrected chi connectivity index (χ3v) is 5.81. The highest BCUT2D eigenvalue weighted by molar-refractivity contribution is 7.98. The van der Waals surface area contributed by atoms with Crippen LogP contribution in [0.1, 0.15) is 38.5 Å². The molecular weight excluding hydrogens is 398 g/mol. The molecule has 0 fully saturated rings. The summed E-state index contributed by atoms with van der Waals surface area (Å²) in [5.74, 6) is 2.20. The summed E-state index contributed by atoms with van der Waals surface area (Å²) in [6.45, 7) is 8.80. The first-order valence-corrected chi connectivity index (χ1v) is 10.8. The number of benzene rings is 1. The van der Waals surface area contributed by atoms with Crippen LogP contribution in [0.3, 0.4) is 0 Å². The van der Waals surface area contributed by atoms with Gasteiger partial charge in [-0.1, -0.05) is 11.2 Å². The van der Waals surface area contributed by atoms with Gasteiger partial charge in [-0.05, 0) is 63.1 Å². The third kappa shape index (κ3) is 5.42. The van der Waals surface area contributed by atoms with Gasteiger partial charge in [-0.2, -0.15) is 0 Å². The van der Waals surface area contributed by atoms with E-state index in [1.165, 1.54) is 11.8 Å². The Morgan fingerprint density at radius 3 is 2.57 bits per heavy atom. The zero-order valence-corrected chi connectivity index (χ0v) is 18.9. The zero-order valence-electron chi connectivity index (χ0n) is 18.1. The number of nitrogens with zero attached hydrogens (tertiary/aromatic N) is 3. The van der Waals surface area contributed by atoms with Crippen molar-refractivity contribution in [1.29, 1.82) is 0 Å². The average molecular weight is 426 g/mol. The van der Waals surface area contributed by atoms with Crippen molar-refractivity contribution in [1.82, 2.24) is 15.0 Å². The molecular formula is C23H27N3O3S. The molecule has 0 saturated carbocycles. The minimum atomic E-state index is -0.0756. The maximum atomic E-state index is 13.0. The number of hydrogen-bond acceptors (Lipinski definition) is 6. The van der Waals surface area contributed by atoms with Crippen molar-refractivity contribution in [2.45, 2.75) is 38.5 Å². The van der Waals surface area contributed by atoms with E-state index in [0.717, 1.165) is 33.9 Å². The average Bonchev–Trinajstić information content (AvgIpc) is 3.03. The van der Waals surface area contributed by atoms with Crippen LogP contribution in [0.2, 0.25) is 0 Å². The van der Waals surface area contributed by atoms with E-state index >= 15 is 0 Å². The van der Waals surface area contributed by atoms with Crippen LogP contribution in [0, 0.1) is 27.7 Å². The van der Waals surface area contributed by atoms with Crippen molar-refractivity contribution in [3.05, 3.63) is 70.2 Å². The highest BCUT2D eigenvalue weighted by atomic mass is 32.2. The number of thioether (sulfide) groups is 1. The molecule has 7 heteroatoms. The fraction of sp³-hybridized carbons (Fsp3) is 0.348. The van der Waals surface area contributed by atoms with Gasteiger partial charge in [0.15, 0.2) is 0 Å². The fourth-order valence-electron chi connectivity index (χ4n) is 3.14.